The molecule has 0 aliphatic rings. The fraction of sp³-hybridized carbons (Fsp3) is 1.00. The van der Waals surface area contributed by atoms with Crippen molar-refractivity contribution in [2.75, 3.05) is 6.61 Å². The molecule has 0 aromatic rings. The molecule has 3 unspecified atom stereocenters. The highest BCUT2D eigenvalue weighted by atomic mass is 16.6. The molecule has 0 radical (unpaired) electrons. The number of hydrogen-bond donors (Lipinski definition) is 1. The van der Waals surface area contributed by atoms with E-state index in [1.807, 2.05) is 0 Å². The van der Waals surface area contributed by atoms with E-state index >= 15 is 0 Å². The van der Waals surface area contributed by atoms with Gasteiger partial charge in [0.2, 0.25) is 0 Å². The molecule has 0 saturated carbocycles. The fourth-order valence-electron chi connectivity index (χ4n) is 3.55. The number of aliphatic hydroxyl groups is 1. The minimum atomic E-state index is -0.561. The monoisotopic (exact) mass is 356 g/mol. The maximum atomic E-state index is 10.6. The average Bonchev–Trinajstić information content (AvgIpc) is 2.59. The zero-order valence-corrected chi connectivity index (χ0v) is 18.1. The summed E-state index contributed by atoms with van der Waals surface area (Å²) in [7, 11) is 0. The maximum Gasteiger partial charge on any atom is 0.157 e. The number of aliphatic hydroxyl groups excluding tert-OH is 1. The van der Waals surface area contributed by atoms with Gasteiger partial charge in [-0.1, -0.05) is 92.4 Å². The largest absolute Gasteiger partial charge is 0.368 e. The molecule has 0 bridgehead atoms. The van der Waals surface area contributed by atoms with Crippen LogP contribution in [0.2, 0.25) is 0 Å². The molecule has 0 aromatic carbocycles. The average molecular weight is 357 g/mol. The zero-order valence-electron chi connectivity index (χ0n) is 18.1. The summed E-state index contributed by atoms with van der Waals surface area (Å²) in [5.74, 6) is 1.69. The van der Waals surface area contributed by atoms with Crippen LogP contribution in [0.5, 0.6) is 0 Å². The van der Waals surface area contributed by atoms with Crippen LogP contribution < -0.4 is 0 Å². The molecule has 2 nitrogen and oxygen atoms in total. The van der Waals surface area contributed by atoms with Gasteiger partial charge < -0.3 is 9.84 Å². The molecule has 0 heterocycles. The third-order valence-electron chi connectivity index (χ3n) is 5.36. The highest BCUT2D eigenvalue weighted by Gasteiger charge is 2.20. The van der Waals surface area contributed by atoms with Crippen LogP contribution in [0.3, 0.4) is 0 Å². The van der Waals surface area contributed by atoms with Crippen molar-refractivity contribution < 1.29 is 9.84 Å². The standard InChI is InChI=1S/C23H48O2/c1-6-9-11-12-13-16-22(14-8-3)23(24)25-19-21(15-10-7-2)18-17-20(4)5/h20-24H,6-19H2,1-5H3. The molecule has 152 valence electrons. The van der Waals surface area contributed by atoms with E-state index in [4.69, 9.17) is 4.74 Å². The van der Waals surface area contributed by atoms with Gasteiger partial charge >= 0.3 is 0 Å². The second kappa shape index (κ2) is 17.3. The Morgan fingerprint density at radius 3 is 1.96 bits per heavy atom. The first kappa shape index (κ1) is 24.9. The van der Waals surface area contributed by atoms with Crippen LogP contribution in [0.15, 0.2) is 0 Å². The summed E-state index contributed by atoms with van der Waals surface area (Å²) in [6.07, 6.45) is 15.5. The third-order valence-corrected chi connectivity index (χ3v) is 5.36. The Morgan fingerprint density at radius 1 is 0.680 bits per heavy atom. The second-order valence-corrected chi connectivity index (χ2v) is 8.45. The topological polar surface area (TPSA) is 29.5 Å². The van der Waals surface area contributed by atoms with Gasteiger partial charge in [-0.25, -0.2) is 0 Å². The van der Waals surface area contributed by atoms with Crippen LogP contribution >= 0.6 is 0 Å². The summed E-state index contributed by atoms with van der Waals surface area (Å²) >= 11 is 0. The molecule has 0 aromatic heterocycles. The van der Waals surface area contributed by atoms with E-state index in [1.54, 1.807) is 0 Å². The molecule has 0 amide bonds. The van der Waals surface area contributed by atoms with Crippen LogP contribution in [0.4, 0.5) is 0 Å². The maximum absolute atomic E-state index is 10.6. The molecule has 1 N–H and O–H groups in total. The lowest BCUT2D eigenvalue weighted by Gasteiger charge is -2.26. The smallest absolute Gasteiger partial charge is 0.157 e. The highest BCUT2D eigenvalue weighted by molar-refractivity contribution is 4.65. The normalized spacial score (nSPS) is 15.5. The first-order valence-corrected chi connectivity index (χ1v) is 11.3. The predicted molar refractivity (Wildman–Crippen MR) is 111 cm³/mol. The minimum Gasteiger partial charge on any atom is -0.368 e. The first-order chi connectivity index (χ1) is 12.0. The van der Waals surface area contributed by atoms with Crippen LogP contribution in [0.1, 0.15) is 118 Å². The van der Waals surface area contributed by atoms with E-state index < -0.39 is 6.29 Å². The van der Waals surface area contributed by atoms with Gasteiger partial charge in [0.25, 0.3) is 0 Å². The molecule has 0 saturated heterocycles. The van der Waals surface area contributed by atoms with Crippen molar-refractivity contribution in [1.82, 2.24) is 0 Å². The van der Waals surface area contributed by atoms with Gasteiger partial charge in [-0.3, -0.25) is 0 Å². The summed E-state index contributed by atoms with van der Waals surface area (Å²) < 4.78 is 5.98. The van der Waals surface area contributed by atoms with E-state index in [1.165, 1.54) is 64.2 Å². The molecule has 0 rings (SSSR count). The van der Waals surface area contributed by atoms with Crippen molar-refractivity contribution >= 4 is 0 Å². The number of rotatable bonds is 18. The lowest BCUT2D eigenvalue weighted by molar-refractivity contribution is -0.147. The molecule has 0 aliphatic carbocycles. The lowest BCUT2D eigenvalue weighted by Crippen LogP contribution is -2.26. The van der Waals surface area contributed by atoms with Crippen LogP contribution in [-0.4, -0.2) is 18.0 Å². The van der Waals surface area contributed by atoms with Crippen molar-refractivity contribution in [2.45, 2.75) is 124 Å². The molecule has 0 fully saturated rings. The Labute approximate surface area is 159 Å². The lowest BCUT2D eigenvalue weighted by atomic mass is 9.93. The molecular weight excluding hydrogens is 308 g/mol. The van der Waals surface area contributed by atoms with E-state index in [-0.39, 0.29) is 0 Å². The molecule has 25 heavy (non-hydrogen) atoms. The van der Waals surface area contributed by atoms with Crippen molar-refractivity contribution in [1.29, 1.82) is 0 Å². The predicted octanol–water partition coefficient (Wildman–Crippen LogP) is 7.34. The van der Waals surface area contributed by atoms with Gasteiger partial charge in [-0.2, -0.15) is 0 Å². The quantitative estimate of drug-likeness (QED) is 0.205. The number of ether oxygens (including phenoxy) is 1. The van der Waals surface area contributed by atoms with Gasteiger partial charge in [0.1, 0.15) is 0 Å². The Bertz CT molecular complexity index is 265. The van der Waals surface area contributed by atoms with Crippen molar-refractivity contribution in [3.05, 3.63) is 0 Å². The highest BCUT2D eigenvalue weighted by Crippen LogP contribution is 2.24. The summed E-state index contributed by atoms with van der Waals surface area (Å²) in [5, 5.41) is 10.6. The number of unbranched alkanes of at least 4 members (excludes halogenated alkanes) is 5. The van der Waals surface area contributed by atoms with Crippen LogP contribution in [-0.2, 0) is 4.74 Å². The van der Waals surface area contributed by atoms with Gasteiger partial charge in [0.05, 0.1) is 6.61 Å². The SMILES string of the molecule is CCCCCCCC(CCC)C(O)OCC(CCCC)CCC(C)C. The third kappa shape index (κ3) is 14.7. The fourth-order valence-corrected chi connectivity index (χ4v) is 3.55. The van der Waals surface area contributed by atoms with Gasteiger partial charge in [0.15, 0.2) is 6.29 Å². The molecular formula is C23H48O2. The van der Waals surface area contributed by atoms with Crippen molar-refractivity contribution in [3.8, 4) is 0 Å². The second-order valence-electron chi connectivity index (χ2n) is 8.45. The Morgan fingerprint density at radius 2 is 1.36 bits per heavy atom. The summed E-state index contributed by atoms with van der Waals surface area (Å²) in [6.45, 7) is 12.1. The van der Waals surface area contributed by atoms with Crippen molar-refractivity contribution in [3.63, 3.8) is 0 Å². The summed E-state index contributed by atoms with van der Waals surface area (Å²) in [4.78, 5) is 0. The van der Waals surface area contributed by atoms with E-state index in [9.17, 15) is 5.11 Å². The molecule has 0 aliphatic heterocycles. The zero-order chi connectivity index (χ0) is 18.9. The van der Waals surface area contributed by atoms with E-state index in [0.717, 1.165) is 31.8 Å². The summed E-state index contributed by atoms with van der Waals surface area (Å²) in [5.41, 5.74) is 0. The van der Waals surface area contributed by atoms with Gasteiger partial charge in [0, 0.05) is 5.92 Å². The molecule has 2 heteroatoms. The van der Waals surface area contributed by atoms with Gasteiger partial charge in [-0.05, 0) is 37.5 Å². The van der Waals surface area contributed by atoms with Crippen LogP contribution in [0, 0.1) is 17.8 Å². The van der Waals surface area contributed by atoms with E-state index in [0.29, 0.717) is 11.8 Å². The Balaban J connectivity index is 4.25. The van der Waals surface area contributed by atoms with E-state index in [2.05, 4.69) is 34.6 Å². The summed E-state index contributed by atoms with van der Waals surface area (Å²) in [6, 6.07) is 0. The molecule has 3 atom stereocenters. The molecule has 0 spiro atoms. The number of hydrogen-bond acceptors (Lipinski definition) is 2. The van der Waals surface area contributed by atoms with Crippen molar-refractivity contribution in [2.24, 2.45) is 17.8 Å². The Hall–Kier alpha value is -0.0800. The Kier molecular flexibility index (Phi) is 17.3. The van der Waals surface area contributed by atoms with Crippen LogP contribution in [0.25, 0.3) is 0 Å². The minimum absolute atomic E-state index is 0.323. The first-order valence-electron chi connectivity index (χ1n) is 11.3. The van der Waals surface area contributed by atoms with Gasteiger partial charge in [-0.15, -0.1) is 0 Å².